The zero-order valence-electron chi connectivity index (χ0n) is 21.5. The average Bonchev–Trinajstić information content (AvgIpc) is 2.93. The highest BCUT2D eigenvalue weighted by Gasteiger charge is 2.33. The predicted octanol–water partition coefficient (Wildman–Crippen LogP) is 5.05. The summed E-state index contributed by atoms with van der Waals surface area (Å²) in [6.07, 6.45) is 0.954. The van der Waals surface area contributed by atoms with Gasteiger partial charge in [-0.15, -0.1) is 0 Å². The van der Waals surface area contributed by atoms with Crippen LogP contribution in [0.25, 0.3) is 11.1 Å². The largest absolute Gasteiger partial charge is 0.464 e. The van der Waals surface area contributed by atoms with Gasteiger partial charge in [-0.25, -0.2) is 8.78 Å². The number of benzene rings is 3. The zero-order chi connectivity index (χ0) is 26.8. The van der Waals surface area contributed by atoms with E-state index in [2.05, 4.69) is 0 Å². The molecule has 0 saturated carbocycles. The van der Waals surface area contributed by atoms with E-state index in [1.54, 1.807) is 23.9 Å². The summed E-state index contributed by atoms with van der Waals surface area (Å²) in [5, 5.41) is 0. The monoisotopic (exact) mass is 520 g/mol. The smallest absolute Gasteiger partial charge is 0.253 e. The first kappa shape index (κ1) is 25.9. The second kappa shape index (κ2) is 10.9. The number of ether oxygens (including phenoxy) is 2. The standard InChI is InChI=1S/C30H30F2N2O4/c1-33(2)29(36)20-5-3-19(4-6-20)22-8-10-27-24(15-22)18-37-30(38-27)21-11-13-34(14-12-21)28(35)16-23-7-9-25(31)17-26(23)32/h3-10,15,17,21,30H,11-14,16,18H2,1-2H3. The van der Waals surface area contributed by atoms with Crippen LogP contribution in [0.15, 0.2) is 60.7 Å². The van der Waals surface area contributed by atoms with Gasteiger partial charge in [0.25, 0.3) is 5.91 Å². The van der Waals surface area contributed by atoms with Gasteiger partial charge < -0.3 is 19.3 Å². The number of carbonyl (C=O) groups is 2. The third kappa shape index (κ3) is 5.55. The molecule has 1 fully saturated rings. The number of likely N-dealkylation sites (tertiary alicyclic amines) is 1. The predicted molar refractivity (Wildman–Crippen MR) is 138 cm³/mol. The lowest BCUT2D eigenvalue weighted by atomic mass is 9.94. The number of fused-ring (bicyclic) bond motifs is 1. The molecule has 6 nitrogen and oxygen atoms in total. The number of nitrogens with zero attached hydrogens (tertiary/aromatic N) is 2. The molecule has 38 heavy (non-hydrogen) atoms. The molecule has 2 aliphatic rings. The van der Waals surface area contributed by atoms with Gasteiger partial charge in [-0.2, -0.15) is 0 Å². The fraction of sp³-hybridized carbons (Fsp3) is 0.333. The van der Waals surface area contributed by atoms with E-state index in [4.69, 9.17) is 9.47 Å². The topological polar surface area (TPSA) is 59.1 Å². The van der Waals surface area contributed by atoms with Crippen molar-refractivity contribution >= 4 is 11.8 Å². The van der Waals surface area contributed by atoms with Crippen molar-refractivity contribution in [2.45, 2.75) is 32.2 Å². The second-order valence-electron chi connectivity index (χ2n) is 10.0. The van der Waals surface area contributed by atoms with Crippen molar-refractivity contribution in [3.8, 4) is 16.9 Å². The van der Waals surface area contributed by atoms with Gasteiger partial charge >= 0.3 is 0 Å². The molecule has 0 N–H and O–H groups in total. The summed E-state index contributed by atoms with van der Waals surface area (Å²) in [5.41, 5.74) is 3.82. The molecule has 0 radical (unpaired) electrons. The first-order chi connectivity index (χ1) is 18.3. The summed E-state index contributed by atoms with van der Waals surface area (Å²) in [6.45, 7) is 1.50. The maximum atomic E-state index is 13.9. The van der Waals surface area contributed by atoms with E-state index in [-0.39, 0.29) is 29.7 Å². The maximum absolute atomic E-state index is 13.9. The molecule has 1 atom stereocenters. The van der Waals surface area contributed by atoms with Crippen LogP contribution in [0.3, 0.4) is 0 Å². The van der Waals surface area contributed by atoms with Crippen LogP contribution in [0.4, 0.5) is 8.78 Å². The molecule has 0 aromatic heterocycles. The molecule has 3 aromatic rings. The molecule has 1 unspecified atom stereocenters. The molecule has 0 bridgehead atoms. The van der Waals surface area contributed by atoms with E-state index in [0.29, 0.717) is 38.1 Å². The lowest BCUT2D eigenvalue weighted by Gasteiger charge is -2.37. The van der Waals surface area contributed by atoms with E-state index >= 15 is 0 Å². The minimum absolute atomic E-state index is 0.0354. The van der Waals surface area contributed by atoms with Crippen molar-refractivity contribution in [1.29, 1.82) is 0 Å². The highest BCUT2D eigenvalue weighted by atomic mass is 19.1. The first-order valence-electron chi connectivity index (χ1n) is 12.7. The van der Waals surface area contributed by atoms with Crippen LogP contribution in [0.5, 0.6) is 5.75 Å². The van der Waals surface area contributed by atoms with Crippen LogP contribution in [-0.4, -0.2) is 55.1 Å². The summed E-state index contributed by atoms with van der Waals surface area (Å²) in [5.74, 6) is -0.638. The third-order valence-corrected chi connectivity index (χ3v) is 7.21. The number of hydrogen-bond donors (Lipinski definition) is 0. The number of hydrogen-bond acceptors (Lipinski definition) is 4. The normalized spacial score (nSPS) is 17.5. The Labute approximate surface area is 220 Å². The fourth-order valence-corrected chi connectivity index (χ4v) is 4.97. The van der Waals surface area contributed by atoms with Crippen molar-refractivity contribution < 1.29 is 27.8 Å². The fourth-order valence-electron chi connectivity index (χ4n) is 4.97. The summed E-state index contributed by atoms with van der Waals surface area (Å²) in [6, 6.07) is 16.8. The van der Waals surface area contributed by atoms with Gasteiger partial charge in [0.1, 0.15) is 17.4 Å². The van der Waals surface area contributed by atoms with Gasteiger partial charge in [-0.05, 0) is 59.9 Å². The molecule has 0 spiro atoms. The van der Waals surface area contributed by atoms with Crippen LogP contribution in [0.1, 0.15) is 34.3 Å². The van der Waals surface area contributed by atoms with Crippen molar-refractivity contribution in [3.05, 3.63) is 89.0 Å². The third-order valence-electron chi connectivity index (χ3n) is 7.21. The SMILES string of the molecule is CN(C)C(=O)c1ccc(-c2ccc3c(c2)COC(C2CCN(C(=O)Cc4ccc(F)cc4F)CC2)O3)cc1. The van der Waals surface area contributed by atoms with E-state index in [1.807, 2.05) is 42.5 Å². The van der Waals surface area contributed by atoms with Gasteiger partial charge in [0.15, 0.2) is 0 Å². The molecular formula is C30H30F2N2O4. The van der Waals surface area contributed by atoms with Crippen molar-refractivity contribution in [3.63, 3.8) is 0 Å². The molecule has 0 aliphatic carbocycles. The number of amides is 2. The molecule has 2 amide bonds. The van der Waals surface area contributed by atoms with Crippen LogP contribution >= 0.6 is 0 Å². The lowest BCUT2D eigenvalue weighted by molar-refractivity contribution is -0.154. The molecule has 8 heteroatoms. The number of carbonyl (C=O) groups excluding carboxylic acids is 2. The Kier molecular flexibility index (Phi) is 7.42. The van der Waals surface area contributed by atoms with Crippen molar-refractivity contribution in [2.75, 3.05) is 27.2 Å². The Hall–Kier alpha value is -3.78. The van der Waals surface area contributed by atoms with E-state index in [9.17, 15) is 18.4 Å². The van der Waals surface area contributed by atoms with Gasteiger partial charge in [-0.1, -0.05) is 24.3 Å². The highest BCUT2D eigenvalue weighted by Crippen LogP contribution is 2.35. The average molecular weight is 521 g/mol. The molecule has 1 saturated heterocycles. The van der Waals surface area contributed by atoms with Crippen molar-refractivity contribution in [2.24, 2.45) is 5.92 Å². The van der Waals surface area contributed by atoms with Crippen LogP contribution in [0.2, 0.25) is 0 Å². The maximum Gasteiger partial charge on any atom is 0.253 e. The number of rotatable bonds is 5. The van der Waals surface area contributed by atoms with Gasteiger partial charge in [0.2, 0.25) is 12.2 Å². The Bertz CT molecular complexity index is 1330. The molecule has 198 valence electrons. The minimum Gasteiger partial charge on any atom is -0.464 e. The Balaban J connectivity index is 1.17. The molecular weight excluding hydrogens is 490 g/mol. The van der Waals surface area contributed by atoms with Gasteiger partial charge in [0, 0.05) is 50.3 Å². The van der Waals surface area contributed by atoms with E-state index < -0.39 is 17.9 Å². The summed E-state index contributed by atoms with van der Waals surface area (Å²) in [7, 11) is 3.46. The number of piperidine rings is 1. The lowest BCUT2D eigenvalue weighted by Crippen LogP contribution is -2.44. The van der Waals surface area contributed by atoms with Gasteiger partial charge in [0.05, 0.1) is 13.0 Å². The Morgan fingerprint density at radius 1 is 0.947 bits per heavy atom. The Morgan fingerprint density at radius 2 is 1.66 bits per heavy atom. The first-order valence-corrected chi connectivity index (χ1v) is 12.7. The summed E-state index contributed by atoms with van der Waals surface area (Å²) in [4.78, 5) is 28.1. The summed E-state index contributed by atoms with van der Waals surface area (Å²) >= 11 is 0. The van der Waals surface area contributed by atoms with Crippen LogP contribution in [-0.2, 0) is 22.6 Å². The van der Waals surface area contributed by atoms with E-state index in [1.165, 1.54) is 12.1 Å². The molecule has 2 heterocycles. The second-order valence-corrected chi connectivity index (χ2v) is 10.0. The minimum atomic E-state index is -0.699. The summed E-state index contributed by atoms with van der Waals surface area (Å²) < 4.78 is 39.3. The van der Waals surface area contributed by atoms with Crippen LogP contribution < -0.4 is 4.74 Å². The van der Waals surface area contributed by atoms with E-state index in [0.717, 1.165) is 28.5 Å². The quantitative estimate of drug-likeness (QED) is 0.473. The van der Waals surface area contributed by atoms with Crippen LogP contribution in [0, 0.1) is 17.6 Å². The molecule has 5 rings (SSSR count). The molecule has 3 aromatic carbocycles. The Morgan fingerprint density at radius 3 is 2.34 bits per heavy atom. The number of halogens is 2. The molecule has 2 aliphatic heterocycles. The van der Waals surface area contributed by atoms with Gasteiger partial charge in [-0.3, -0.25) is 9.59 Å². The highest BCUT2D eigenvalue weighted by molar-refractivity contribution is 5.94. The zero-order valence-corrected chi connectivity index (χ0v) is 21.5. The van der Waals surface area contributed by atoms with Crippen molar-refractivity contribution in [1.82, 2.24) is 9.80 Å².